The molecule has 3 aromatic carbocycles. The average molecular weight is 360 g/mol. The molecule has 0 aliphatic carbocycles. The molecule has 1 aromatic heterocycles. The molecule has 0 aliphatic heterocycles. The zero-order valence-electron chi connectivity index (χ0n) is 13.9. The van der Waals surface area contributed by atoms with Gasteiger partial charge in [-0.2, -0.15) is 0 Å². The van der Waals surface area contributed by atoms with Crippen LogP contribution in [0.15, 0.2) is 93.0 Å². The maximum Gasteiger partial charge on any atom is 0.344 e. The summed E-state index contributed by atoms with van der Waals surface area (Å²) in [5, 5.41) is 12.6. The number of aromatic hydroxyl groups is 1. The third-order valence-electron chi connectivity index (χ3n) is 4.19. The first-order valence-corrected chi connectivity index (χ1v) is 9.22. The molecule has 0 bridgehead atoms. The number of hydrogen-bond donors (Lipinski definition) is 1. The lowest BCUT2D eigenvalue weighted by atomic mass is 10.1. The molecule has 0 saturated heterocycles. The molecule has 0 atom stereocenters. The van der Waals surface area contributed by atoms with Crippen LogP contribution >= 0.6 is 11.8 Å². The molecule has 128 valence electrons. The van der Waals surface area contributed by atoms with Gasteiger partial charge in [0.1, 0.15) is 11.5 Å². The van der Waals surface area contributed by atoms with E-state index in [4.69, 9.17) is 4.42 Å². The molecule has 1 N–H and O–H groups in total. The summed E-state index contributed by atoms with van der Waals surface area (Å²) in [4.78, 5) is 13.4. The van der Waals surface area contributed by atoms with Crippen LogP contribution < -0.4 is 5.63 Å². The lowest BCUT2D eigenvalue weighted by molar-refractivity contribution is 0.445. The third kappa shape index (κ3) is 3.37. The first kappa shape index (κ1) is 16.5. The number of benzene rings is 3. The molecular weight excluding hydrogens is 344 g/mol. The van der Waals surface area contributed by atoms with Crippen molar-refractivity contribution in [3.8, 4) is 17.1 Å². The third-order valence-corrected chi connectivity index (χ3v) is 5.21. The molecule has 26 heavy (non-hydrogen) atoms. The maximum atomic E-state index is 12.3. The summed E-state index contributed by atoms with van der Waals surface area (Å²) in [5.41, 5.74) is 0.536. The van der Waals surface area contributed by atoms with Crippen molar-refractivity contribution in [2.24, 2.45) is 0 Å². The Morgan fingerprint density at radius 1 is 0.846 bits per heavy atom. The Hall–Kier alpha value is -2.98. The quantitative estimate of drug-likeness (QED) is 0.491. The molecule has 3 nitrogen and oxygen atoms in total. The fourth-order valence-corrected chi connectivity index (χ4v) is 3.75. The van der Waals surface area contributed by atoms with E-state index in [1.165, 1.54) is 23.2 Å². The summed E-state index contributed by atoms with van der Waals surface area (Å²) < 4.78 is 5.41. The summed E-state index contributed by atoms with van der Waals surface area (Å²) in [6, 6.07) is 25.1. The Morgan fingerprint density at radius 3 is 2.35 bits per heavy atom. The minimum Gasteiger partial charge on any atom is -0.507 e. The molecule has 0 aliphatic rings. The largest absolute Gasteiger partial charge is 0.507 e. The first-order valence-electron chi connectivity index (χ1n) is 8.24. The standard InChI is InChI=1S/C22H16O3S/c23-20-13-21(16-7-2-1-3-8-16)25-22(24)19(20)14-26-18-11-10-15-6-4-5-9-17(15)12-18/h1-13,23H,14H2. The van der Waals surface area contributed by atoms with Gasteiger partial charge in [-0.1, -0.05) is 60.7 Å². The number of rotatable bonds is 4. The number of fused-ring (bicyclic) bond motifs is 1. The summed E-state index contributed by atoms with van der Waals surface area (Å²) in [6.45, 7) is 0. The van der Waals surface area contributed by atoms with Crippen LogP contribution in [-0.2, 0) is 5.75 Å². The molecule has 1 heterocycles. The number of hydrogen-bond acceptors (Lipinski definition) is 4. The average Bonchev–Trinajstić information content (AvgIpc) is 2.68. The van der Waals surface area contributed by atoms with E-state index in [0.29, 0.717) is 11.5 Å². The van der Waals surface area contributed by atoms with E-state index in [0.717, 1.165) is 15.8 Å². The van der Waals surface area contributed by atoms with Crippen molar-refractivity contribution in [3.05, 3.63) is 94.8 Å². The Balaban J connectivity index is 1.59. The van der Waals surface area contributed by atoms with Gasteiger partial charge in [-0.05, 0) is 22.9 Å². The van der Waals surface area contributed by atoms with Gasteiger partial charge in [0.05, 0.1) is 5.56 Å². The van der Waals surface area contributed by atoms with Gasteiger partial charge in [0.15, 0.2) is 0 Å². The van der Waals surface area contributed by atoms with Gasteiger partial charge in [-0.15, -0.1) is 11.8 Å². The second kappa shape index (κ2) is 7.10. The van der Waals surface area contributed by atoms with Gasteiger partial charge in [0, 0.05) is 22.3 Å². The van der Waals surface area contributed by atoms with Crippen molar-refractivity contribution < 1.29 is 9.52 Å². The van der Waals surface area contributed by atoms with Crippen LogP contribution in [-0.4, -0.2) is 5.11 Å². The lowest BCUT2D eigenvalue weighted by Gasteiger charge is -2.07. The molecule has 0 saturated carbocycles. The fourth-order valence-electron chi connectivity index (χ4n) is 2.80. The van der Waals surface area contributed by atoms with E-state index in [2.05, 4.69) is 24.3 Å². The molecule has 0 spiro atoms. The van der Waals surface area contributed by atoms with Crippen molar-refractivity contribution in [2.45, 2.75) is 10.6 Å². The SMILES string of the molecule is O=c1oc(-c2ccccc2)cc(O)c1CSc1ccc2ccccc2c1. The minimum atomic E-state index is -0.503. The molecule has 0 fully saturated rings. The smallest absolute Gasteiger partial charge is 0.344 e. The van der Waals surface area contributed by atoms with Crippen LogP contribution in [0.2, 0.25) is 0 Å². The molecule has 0 radical (unpaired) electrons. The maximum absolute atomic E-state index is 12.3. The van der Waals surface area contributed by atoms with Crippen LogP contribution in [0.4, 0.5) is 0 Å². The summed E-state index contributed by atoms with van der Waals surface area (Å²) >= 11 is 1.50. The van der Waals surface area contributed by atoms with Crippen LogP contribution in [0.3, 0.4) is 0 Å². The Labute approximate surface area is 154 Å². The summed E-state index contributed by atoms with van der Waals surface area (Å²) in [7, 11) is 0. The normalized spacial score (nSPS) is 10.9. The Kier molecular flexibility index (Phi) is 4.50. The Bertz CT molecular complexity index is 1120. The van der Waals surface area contributed by atoms with Gasteiger partial charge >= 0.3 is 5.63 Å². The van der Waals surface area contributed by atoms with E-state index in [9.17, 15) is 9.90 Å². The second-order valence-corrected chi connectivity index (χ2v) is 6.97. The van der Waals surface area contributed by atoms with Crippen molar-refractivity contribution in [3.63, 3.8) is 0 Å². The van der Waals surface area contributed by atoms with E-state index < -0.39 is 5.63 Å². The van der Waals surface area contributed by atoms with Crippen molar-refractivity contribution in [1.29, 1.82) is 0 Å². The zero-order chi connectivity index (χ0) is 17.9. The van der Waals surface area contributed by atoms with Gasteiger partial charge in [-0.25, -0.2) is 4.79 Å². The topological polar surface area (TPSA) is 50.4 Å². The summed E-state index contributed by atoms with van der Waals surface area (Å²) in [5.74, 6) is 0.683. The highest BCUT2D eigenvalue weighted by Gasteiger charge is 2.13. The molecule has 4 aromatic rings. The van der Waals surface area contributed by atoms with Crippen molar-refractivity contribution in [1.82, 2.24) is 0 Å². The van der Waals surface area contributed by atoms with Gasteiger partial charge in [0.2, 0.25) is 0 Å². The van der Waals surface area contributed by atoms with E-state index >= 15 is 0 Å². The van der Waals surface area contributed by atoms with Crippen LogP contribution in [0.1, 0.15) is 5.56 Å². The predicted molar refractivity (Wildman–Crippen MR) is 106 cm³/mol. The number of thioether (sulfide) groups is 1. The predicted octanol–water partition coefficient (Wildman–Crippen LogP) is 5.46. The highest BCUT2D eigenvalue weighted by Crippen LogP contribution is 2.30. The Morgan fingerprint density at radius 2 is 1.58 bits per heavy atom. The van der Waals surface area contributed by atoms with Crippen LogP contribution in [0, 0.1) is 0 Å². The van der Waals surface area contributed by atoms with Gasteiger partial charge in [-0.3, -0.25) is 0 Å². The fraction of sp³-hybridized carbons (Fsp3) is 0.0455. The zero-order valence-corrected chi connectivity index (χ0v) is 14.7. The van der Waals surface area contributed by atoms with E-state index in [1.807, 2.05) is 48.5 Å². The molecule has 0 amide bonds. The van der Waals surface area contributed by atoms with Gasteiger partial charge < -0.3 is 9.52 Å². The van der Waals surface area contributed by atoms with Crippen LogP contribution in [0.25, 0.3) is 22.1 Å². The monoisotopic (exact) mass is 360 g/mol. The molecule has 0 unspecified atom stereocenters. The second-order valence-electron chi connectivity index (χ2n) is 5.93. The van der Waals surface area contributed by atoms with E-state index in [-0.39, 0.29) is 11.3 Å². The lowest BCUT2D eigenvalue weighted by Crippen LogP contribution is -2.06. The molecule has 4 rings (SSSR count). The first-order chi connectivity index (χ1) is 12.7. The summed E-state index contributed by atoms with van der Waals surface area (Å²) in [6.07, 6.45) is 0. The molecule has 4 heteroatoms. The van der Waals surface area contributed by atoms with Crippen molar-refractivity contribution >= 4 is 22.5 Å². The highest BCUT2D eigenvalue weighted by atomic mass is 32.2. The highest BCUT2D eigenvalue weighted by molar-refractivity contribution is 7.98. The molecular formula is C22H16O3S. The van der Waals surface area contributed by atoms with E-state index in [1.54, 1.807) is 0 Å². The van der Waals surface area contributed by atoms with Crippen LogP contribution in [0.5, 0.6) is 5.75 Å². The van der Waals surface area contributed by atoms with Gasteiger partial charge in [0.25, 0.3) is 0 Å². The van der Waals surface area contributed by atoms with Crippen molar-refractivity contribution in [2.75, 3.05) is 0 Å². The minimum absolute atomic E-state index is 0.0339.